The summed E-state index contributed by atoms with van der Waals surface area (Å²) in [6.07, 6.45) is 4.34. The zero-order chi connectivity index (χ0) is 14.5. The number of benzene rings is 1. The lowest BCUT2D eigenvalue weighted by Gasteiger charge is -2.29. The van der Waals surface area contributed by atoms with Gasteiger partial charge in [-0.15, -0.1) is 0 Å². The van der Waals surface area contributed by atoms with Crippen molar-refractivity contribution in [2.24, 2.45) is 11.8 Å². The number of carbonyl (C=O) groups excluding carboxylic acids is 2. The van der Waals surface area contributed by atoms with Crippen molar-refractivity contribution in [3.8, 4) is 0 Å². The van der Waals surface area contributed by atoms with E-state index >= 15 is 0 Å². The highest BCUT2D eigenvalue weighted by Gasteiger charge is 2.33. The molecule has 0 aliphatic heterocycles. The van der Waals surface area contributed by atoms with Crippen molar-refractivity contribution in [3.63, 3.8) is 0 Å². The maximum atomic E-state index is 12.3. The van der Waals surface area contributed by atoms with Crippen molar-refractivity contribution in [1.29, 1.82) is 0 Å². The van der Waals surface area contributed by atoms with E-state index in [2.05, 4.69) is 15.9 Å². The lowest BCUT2D eigenvalue weighted by Crippen LogP contribution is -2.29. The number of ketones is 1. The number of esters is 1. The van der Waals surface area contributed by atoms with Crippen LogP contribution in [-0.2, 0) is 9.53 Å². The van der Waals surface area contributed by atoms with Crippen LogP contribution in [0.5, 0.6) is 0 Å². The minimum Gasteiger partial charge on any atom is -0.469 e. The molecule has 0 unspecified atom stereocenters. The Balaban J connectivity index is 2.04. The third kappa shape index (κ3) is 3.69. The van der Waals surface area contributed by atoms with Crippen molar-refractivity contribution in [1.82, 2.24) is 0 Å². The average Bonchev–Trinajstić information content (AvgIpc) is 2.47. The topological polar surface area (TPSA) is 43.4 Å². The molecule has 0 heterocycles. The Hall–Kier alpha value is -1.16. The van der Waals surface area contributed by atoms with Gasteiger partial charge in [-0.1, -0.05) is 40.9 Å². The van der Waals surface area contributed by atoms with E-state index in [-0.39, 0.29) is 23.6 Å². The SMILES string of the molecule is COC(=O)[C@H]1CCCC[C@@H]1CC(=O)c1ccc(Br)cc1. The molecular formula is C16H19BrO3. The van der Waals surface area contributed by atoms with Crippen molar-refractivity contribution >= 4 is 27.7 Å². The molecule has 0 bridgehead atoms. The zero-order valence-corrected chi connectivity index (χ0v) is 13.2. The molecule has 0 saturated heterocycles. The van der Waals surface area contributed by atoms with Gasteiger partial charge in [0.15, 0.2) is 5.78 Å². The van der Waals surface area contributed by atoms with E-state index in [1.54, 1.807) is 0 Å². The van der Waals surface area contributed by atoms with Crippen LogP contribution in [0.2, 0.25) is 0 Å². The molecule has 1 saturated carbocycles. The first-order chi connectivity index (χ1) is 9.61. The van der Waals surface area contributed by atoms with E-state index in [0.29, 0.717) is 12.0 Å². The highest BCUT2D eigenvalue weighted by Crippen LogP contribution is 2.34. The van der Waals surface area contributed by atoms with E-state index in [9.17, 15) is 9.59 Å². The quantitative estimate of drug-likeness (QED) is 0.615. The van der Waals surface area contributed by atoms with Gasteiger partial charge in [-0.3, -0.25) is 9.59 Å². The molecule has 20 heavy (non-hydrogen) atoms. The summed E-state index contributed by atoms with van der Waals surface area (Å²) in [7, 11) is 1.42. The van der Waals surface area contributed by atoms with Crippen LogP contribution in [0, 0.1) is 11.8 Å². The number of Topliss-reactive ketones (excluding diaryl/α,β-unsaturated/α-hetero) is 1. The Morgan fingerprint density at radius 1 is 1.20 bits per heavy atom. The summed E-state index contributed by atoms with van der Waals surface area (Å²) in [5.74, 6) is -0.0582. The molecule has 1 fully saturated rings. The van der Waals surface area contributed by atoms with E-state index in [4.69, 9.17) is 4.74 Å². The molecule has 1 aliphatic carbocycles. The molecule has 1 aromatic rings. The van der Waals surface area contributed by atoms with Crippen LogP contribution in [0.25, 0.3) is 0 Å². The van der Waals surface area contributed by atoms with Gasteiger partial charge in [0.05, 0.1) is 13.0 Å². The molecule has 0 aromatic heterocycles. The Kier molecular flexibility index (Phi) is 5.35. The van der Waals surface area contributed by atoms with Crippen molar-refractivity contribution in [2.45, 2.75) is 32.1 Å². The van der Waals surface area contributed by atoms with Crippen molar-refractivity contribution < 1.29 is 14.3 Å². The lowest BCUT2D eigenvalue weighted by molar-refractivity contribution is -0.148. The highest BCUT2D eigenvalue weighted by atomic mass is 79.9. The fraction of sp³-hybridized carbons (Fsp3) is 0.500. The highest BCUT2D eigenvalue weighted by molar-refractivity contribution is 9.10. The molecule has 4 heteroatoms. The molecule has 0 N–H and O–H groups in total. The number of hydrogen-bond donors (Lipinski definition) is 0. The van der Waals surface area contributed by atoms with Crippen LogP contribution >= 0.6 is 15.9 Å². The average molecular weight is 339 g/mol. The molecule has 0 spiro atoms. The molecule has 0 radical (unpaired) electrons. The summed E-state index contributed by atoms with van der Waals surface area (Å²) in [6, 6.07) is 7.38. The Labute approximate surface area is 127 Å². The van der Waals surface area contributed by atoms with Crippen molar-refractivity contribution in [2.75, 3.05) is 7.11 Å². The fourth-order valence-electron chi connectivity index (χ4n) is 2.91. The molecule has 0 amide bonds. The van der Waals surface area contributed by atoms with Gasteiger partial charge >= 0.3 is 5.97 Å². The largest absolute Gasteiger partial charge is 0.469 e. The minimum absolute atomic E-state index is 0.110. The second kappa shape index (κ2) is 7.02. The molecule has 1 aliphatic rings. The predicted molar refractivity (Wildman–Crippen MR) is 80.6 cm³/mol. The summed E-state index contributed by atoms with van der Waals surface area (Å²) in [5, 5.41) is 0. The first-order valence-electron chi connectivity index (χ1n) is 6.98. The summed E-state index contributed by atoms with van der Waals surface area (Å²) >= 11 is 3.36. The maximum Gasteiger partial charge on any atom is 0.308 e. The summed E-state index contributed by atoms with van der Waals surface area (Å²) < 4.78 is 5.82. The van der Waals surface area contributed by atoms with E-state index in [1.165, 1.54) is 7.11 Å². The number of methoxy groups -OCH3 is 1. The van der Waals surface area contributed by atoms with E-state index in [1.807, 2.05) is 24.3 Å². The van der Waals surface area contributed by atoms with Gasteiger partial charge in [0.2, 0.25) is 0 Å². The van der Waals surface area contributed by atoms with Crippen LogP contribution in [0.15, 0.2) is 28.7 Å². The molecule has 2 atom stereocenters. The Bertz CT molecular complexity index is 481. The summed E-state index contributed by atoms with van der Waals surface area (Å²) in [5.41, 5.74) is 0.711. The van der Waals surface area contributed by atoms with Gasteiger partial charge in [-0.05, 0) is 30.9 Å². The van der Waals surface area contributed by atoms with Gasteiger partial charge in [-0.25, -0.2) is 0 Å². The smallest absolute Gasteiger partial charge is 0.308 e. The van der Waals surface area contributed by atoms with Gasteiger partial charge in [0.25, 0.3) is 0 Å². The van der Waals surface area contributed by atoms with Gasteiger partial charge in [-0.2, -0.15) is 0 Å². The summed E-state index contributed by atoms with van der Waals surface area (Å²) in [6.45, 7) is 0. The predicted octanol–water partition coefficient (Wildman–Crippen LogP) is 4.00. The van der Waals surface area contributed by atoms with Crippen LogP contribution in [0.1, 0.15) is 42.5 Å². The normalized spacial score (nSPS) is 22.3. The second-order valence-electron chi connectivity index (χ2n) is 5.31. The van der Waals surface area contributed by atoms with Gasteiger partial charge in [0.1, 0.15) is 0 Å². The Morgan fingerprint density at radius 3 is 2.50 bits per heavy atom. The van der Waals surface area contributed by atoms with Crippen molar-refractivity contribution in [3.05, 3.63) is 34.3 Å². The summed E-state index contributed by atoms with van der Waals surface area (Å²) in [4.78, 5) is 24.1. The molecule has 1 aromatic carbocycles. The lowest BCUT2D eigenvalue weighted by atomic mass is 9.76. The van der Waals surface area contributed by atoms with Gasteiger partial charge < -0.3 is 4.74 Å². The molecule has 3 nitrogen and oxygen atoms in total. The number of rotatable bonds is 4. The fourth-order valence-corrected chi connectivity index (χ4v) is 3.17. The van der Waals surface area contributed by atoms with Crippen LogP contribution in [0.4, 0.5) is 0 Å². The third-order valence-electron chi connectivity index (χ3n) is 4.03. The zero-order valence-electron chi connectivity index (χ0n) is 11.6. The van der Waals surface area contributed by atoms with E-state index in [0.717, 1.165) is 30.2 Å². The first kappa shape index (κ1) is 15.2. The molecular weight excluding hydrogens is 320 g/mol. The van der Waals surface area contributed by atoms with Crippen LogP contribution in [-0.4, -0.2) is 18.9 Å². The number of ether oxygens (including phenoxy) is 1. The Morgan fingerprint density at radius 2 is 1.85 bits per heavy atom. The minimum atomic E-state index is -0.168. The van der Waals surface area contributed by atoms with Crippen LogP contribution < -0.4 is 0 Å². The van der Waals surface area contributed by atoms with Gasteiger partial charge in [0, 0.05) is 16.5 Å². The van der Waals surface area contributed by atoms with E-state index < -0.39 is 0 Å². The second-order valence-corrected chi connectivity index (χ2v) is 6.22. The third-order valence-corrected chi connectivity index (χ3v) is 4.56. The number of carbonyl (C=O) groups is 2. The maximum absolute atomic E-state index is 12.3. The number of hydrogen-bond acceptors (Lipinski definition) is 3. The molecule has 2 rings (SSSR count). The first-order valence-corrected chi connectivity index (χ1v) is 7.77. The van der Waals surface area contributed by atoms with Crippen LogP contribution in [0.3, 0.4) is 0 Å². The molecule has 108 valence electrons. The standard InChI is InChI=1S/C16H19BrO3/c1-20-16(19)14-5-3-2-4-12(14)10-15(18)11-6-8-13(17)9-7-11/h6-9,12,14H,2-5,10H2,1H3/t12-,14+/m1/s1. The number of halogens is 1. The monoisotopic (exact) mass is 338 g/mol.